The van der Waals surface area contributed by atoms with Gasteiger partial charge < -0.3 is 9.47 Å². The van der Waals surface area contributed by atoms with Crippen molar-refractivity contribution in [2.24, 2.45) is 18.9 Å². The van der Waals surface area contributed by atoms with Gasteiger partial charge in [-0.3, -0.25) is 9.48 Å². The van der Waals surface area contributed by atoms with Crippen molar-refractivity contribution in [2.75, 3.05) is 7.11 Å². The minimum Gasteiger partial charge on any atom is -0.493 e. The number of methoxy groups -OCH3 is 1. The van der Waals surface area contributed by atoms with Crippen molar-refractivity contribution < 1.29 is 14.3 Å². The molecule has 1 aliphatic heterocycles. The highest BCUT2D eigenvalue weighted by atomic mass is 16.5. The van der Waals surface area contributed by atoms with Crippen LogP contribution < -0.4 is 4.74 Å². The van der Waals surface area contributed by atoms with Crippen LogP contribution in [0.15, 0.2) is 6.20 Å². The second kappa shape index (κ2) is 4.72. The lowest BCUT2D eigenvalue weighted by Gasteiger charge is -2.17. The Hall–Kier alpha value is -1.36. The Morgan fingerprint density at radius 3 is 2.56 bits per heavy atom. The molecule has 0 saturated carbocycles. The van der Waals surface area contributed by atoms with Crippen molar-refractivity contribution in [1.29, 1.82) is 0 Å². The smallest absolute Gasteiger partial charge is 0.190 e. The van der Waals surface area contributed by atoms with Crippen LogP contribution in [-0.2, 0) is 11.8 Å². The maximum Gasteiger partial charge on any atom is 0.190 e. The Morgan fingerprint density at radius 2 is 2.06 bits per heavy atom. The lowest BCUT2D eigenvalue weighted by atomic mass is 9.85. The number of ketones is 1. The van der Waals surface area contributed by atoms with E-state index in [1.54, 1.807) is 25.0 Å². The summed E-state index contributed by atoms with van der Waals surface area (Å²) in [5, 5.41) is 4.08. The molecule has 0 aliphatic carbocycles. The second-order valence-corrected chi connectivity index (χ2v) is 4.98. The first kappa shape index (κ1) is 13.1. The summed E-state index contributed by atoms with van der Waals surface area (Å²) in [6.45, 7) is 6.01. The summed E-state index contributed by atoms with van der Waals surface area (Å²) in [4.78, 5) is 12.7. The molecule has 4 atom stereocenters. The minimum atomic E-state index is -0.135. The zero-order valence-corrected chi connectivity index (χ0v) is 11.5. The van der Waals surface area contributed by atoms with E-state index in [-0.39, 0.29) is 29.8 Å². The average Bonchev–Trinajstić information content (AvgIpc) is 2.80. The summed E-state index contributed by atoms with van der Waals surface area (Å²) in [7, 11) is 3.30. The molecule has 2 rings (SSSR count). The molecule has 1 fully saturated rings. The molecule has 5 nitrogen and oxygen atoms in total. The molecular weight excluding hydrogens is 232 g/mol. The number of Topliss-reactive ketones (excluding diaryl/α,β-unsaturated/α-hetero) is 1. The van der Waals surface area contributed by atoms with E-state index in [4.69, 9.17) is 9.47 Å². The monoisotopic (exact) mass is 252 g/mol. The summed E-state index contributed by atoms with van der Waals surface area (Å²) in [6.07, 6.45) is 1.61. The van der Waals surface area contributed by atoms with E-state index >= 15 is 0 Å². The number of hydrogen-bond acceptors (Lipinski definition) is 4. The van der Waals surface area contributed by atoms with Gasteiger partial charge in [0.25, 0.3) is 0 Å². The first-order valence-corrected chi connectivity index (χ1v) is 6.23. The quantitative estimate of drug-likeness (QED) is 0.768. The van der Waals surface area contributed by atoms with Crippen molar-refractivity contribution in [3.05, 3.63) is 11.9 Å². The zero-order valence-electron chi connectivity index (χ0n) is 11.5. The SMILES string of the molecule is COc1cnn(C)c1C(=O)C1C(C)OC(C)C1C. The molecule has 1 aromatic rings. The fraction of sp³-hybridized carbons (Fsp3) is 0.692. The van der Waals surface area contributed by atoms with E-state index in [1.165, 1.54) is 0 Å². The van der Waals surface area contributed by atoms with Gasteiger partial charge in [0.1, 0.15) is 5.69 Å². The summed E-state index contributed by atoms with van der Waals surface area (Å²) in [6, 6.07) is 0. The number of ether oxygens (including phenoxy) is 2. The molecule has 4 unspecified atom stereocenters. The highest BCUT2D eigenvalue weighted by Crippen LogP contribution is 2.36. The van der Waals surface area contributed by atoms with E-state index in [9.17, 15) is 4.79 Å². The Kier molecular flexibility index (Phi) is 3.43. The molecule has 0 amide bonds. The minimum absolute atomic E-state index is 0.0520. The molecule has 1 aliphatic rings. The van der Waals surface area contributed by atoms with E-state index < -0.39 is 0 Å². The lowest BCUT2D eigenvalue weighted by Crippen LogP contribution is -2.28. The molecule has 1 saturated heterocycles. The van der Waals surface area contributed by atoms with Crippen LogP contribution in [0.1, 0.15) is 31.3 Å². The van der Waals surface area contributed by atoms with Crippen molar-refractivity contribution >= 4 is 5.78 Å². The highest BCUT2D eigenvalue weighted by molar-refractivity contribution is 5.99. The van der Waals surface area contributed by atoms with Gasteiger partial charge in [-0.25, -0.2) is 0 Å². The molecule has 0 aromatic carbocycles. The van der Waals surface area contributed by atoms with Gasteiger partial charge in [0.15, 0.2) is 11.5 Å². The maximum atomic E-state index is 12.7. The third-order valence-corrected chi connectivity index (χ3v) is 3.90. The van der Waals surface area contributed by atoms with Crippen LogP contribution in [-0.4, -0.2) is 34.9 Å². The Bertz CT molecular complexity index is 455. The van der Waals surface area contributed by atoms with E-state index in [0.29, 0.717) is 11.4 Å². The number of nitrogens with zero attached hydrogens (tertiary/aromatic N) is 2. The maximum absolute atomic E-state index is 12.7. The Morgan fingerprint density at radius 1 is 1.39 bits per heavy atom. The predicted molar refractivity (Wildman–Crippen MR) is 66.8 cm³/mol. The highest BCUT2D eigenvalue weighted by Gasteiger charge is 2.43. The average molecular weight is 252 g/mol. The predicted octanol–water partition coefficient (Wildman–Crippen LogP) is 1.67. The van der Waals surface area contributed by atoms with Gasteiger partial charge in [-0.15, -0.1) is 0 Å². The molecule has 0 spiro atoms. The Balaban J connectivity index is 2.34. The third kappa shape index (κ3) is 1.92. The summed E-state index contributed by atoms with van der Waals surface area (Å²) in [5.41, 5.74) is 0.527. The number of hydrogen-bond donors (Lipinski definition) is 0. The number of rotatable bonds is 3. The van der Waals surface area contributed by atoms with Crippen LogP contribution in [0.5, 0.6) is 5.75 Å². The molecule has 0 radical (unpaired) electrons. The van der Waals surface area contributed by atoms with E-state index in [0.717, 1.165) is 0 Å². The zero-order chi connectivity index (χ0) is 13.4. The normalized spacial score (nSPS) is 31.6. The van der Waals surface area contributed by atoms with Gasteiger partial charge in [-0.1, -0.05) is 6.92 Å². The molecule has 2 heterocycles. The molecular formula is C13H20N2O3. The molecule has 18 heavy (non-hydrogen) atoms. The second-order valence-electron chi connectivity index (χ2n) is 4.98. The van der Waals surface area contributed by atoms with Crippen LogP contribution in [0.2, 0.25) is 0 Å². The number of carbonyl (C=O) groups is 1. The van der Waals surface area contributed by atoms with Crippen LogP contribution in [0.3, 0.4) is 0 Å². The van der Waals surface area contributed by atoms with Crippen molar-refractivity contribution in [3.8, 4) is 5.75 Å². The molecule has 0 bridgehead atoms. The van der Waals surface area contributed by atoms with Crippen molar-refractivity contribution in [3.63, 3.8) is 0 Å². The molecule has 5 heteroatoms. The standard InChI is InChI=1S/C13H20N2O3/c1-7-8(2)18-9(3)11(7)13(16)12-10(17-5)6-14-15(12)4/h6-9,11H,1-5H3. The topological polar surface area (TPSA) is 53.4 Å². The van der Waals surface area contributed by atoms with Gasteiger partial charge in [0.2, 0.25) is 0 Å². The number of carbonyl (C=O) groups excluding carboxylic acids is 1. The van der Waals surface area contributed by atoms with E-state index in [1.807, 2.05) is 13.8 Å². The van der Waals surface area contributed by atoms with Gasteiger partial charge in [-0.2, -0.15) is 5.10 Å². The van der Waals surface area contributed by atoms with Crippen LogP contribution in [0, 0.1) is 11.8 Å². The third-order valence-electron chi connectivity index (χ3n) is 3.90. The largest absolute Gasteiger partial charge is 0.493 e. The van der Waals surface area contributed by atoms with Gasteiger partial charge in [-0.05, 0) is 19.8 Å². The van der Waals surface area contributed by atoms with Gasteiger partial charge >= 0.3 is 0 Å². The molecule has 1 aromatic heterocycles. The molecule has 100 valence electrons. The summed E-state index contributed by atoms with van der Waals surface area (Å²) >= 11 is 0. The Labute approximate surface area is 107 Å². The fourth-order valence-electron chi connectivity index (χ4n) is 2.72. The van der Waals surface area contributed by atoms with Crippen LogP contribution in [0.4, 0.5) is 0 Å². The lowest BCUT2D eigenvalue weighted by molar-refractivity contribution is 0.0488. The first-order valence-electron chi connectivity index (χ1n) is 6.23. The van der Waals surface area contributed by atoms with Gasteiger partial charge in [0, 0.05) is 7.05 Å². The number of aromatic nitrogens is 2. The van der Waals surface area contributed by atoms with E-state index in [2.05, 4.69) is 12.0 Å². The van der Waals surface area contributed by atoms with Crippen molar-refractivity contribution in [2.45, 2.75) is 33.0 Å². The van der Waals surface area contributed by atoms with Crippen LogP contribution >= 0.6 is 0 Å². The van der Waals surface area contributed by atoms with Crippen LogP contribution in [0.25, 0.3) is 0 Å². The summed E-state index contributed by atoms with van der Waals surface area (Å²) in [5.74, 6) is 0.647. The van der Waals surface area contributed by atoms with Gasteiger partial charge in [0.05, 0.1) is 31.4 Å². The fourth-order valence-corrected chi connectivity index (χ4v) is 2.72. The first-order chi connectivity index (χ1) is 8.47. The summed E-state index contributed by atoms with van der Waals surface area (Å²) < 4.78 is 12.5. The molecule has 0 N–H and O–H groups in total. The van der Waals surface area contributed by atoms with Crippen molar-refractivity contribution in [1.82, 2.24) is 9.78 Å². The number of aryl methyl sites for hydroxylation is 1.